The molecule has 2 N–H and O–H groups in total. The average molecular weight is 409 g/mol. The molecule has 1 aromatic heterocycles. The molecule has 4 rings (SSSR count). The van der Waals surface area contributed by atoms with Crippen LogP contribution >= 0.6 is 11.6 Å². The summed E-state index contributed by atoms with van der Waals surface area (Å²) in [5.41, 5.74) is 2.39. The van der Waals surface area contributed by atoms with Crippen molar-refractivity contribution < 1.29 is 9.13 Å². The highest BCUT2D eigenvalue weighted by molar-refractivity contribution is 6.31. The zero-order valence-corrected chi connectivity index (χ0v) is 16.4. The van der Waals surface area contributed by atoms with Gasteiger partial charge in [-0.25, -0.2) is 9.37 Å². The highest BCUT2D eigenvalue weighted by Gasteiger charge is 2.10. The number of halogens is 2. The molecule has 7 heteroatoms. The van der Waals surface area contributed by atoms with Crippen LogP contribution in [0.15, 0.2) is 66.7 Å². The van der Waals surface area contributed by atoms with Gasteiger partial charge in [-0.2, -0.15) is 4.98 Å². The van der Waals surface area contributed by atoms with Gasteiger partial charge in [0, 0.05) is 23.2 Å². The predicted molar refractivity (Wildman–Crippen MR) is 115 cm³/mol. The lowest BCUT2D eigenvalue weighted by Gasteiger charge is -2.13. The molecule has 0 saturated carbocycles. The number of methoxy groups -OCH3 is 1. The van der Waals surface area contributed by atoms with Gasteiger partial charge in [0.15, 0.2) is 0 Å². The molecule has 3 aromatic carbocycles. The van der Waals surface area contributed by atoms with E-state index in [1.165, 1.54) is 12.1 Å². The largest absolute Gasteiger partial charge is 0.496 e. The number of nitrogens with one attached hydrogen (secondary N) is 2. The third-order valence-corrected chi connectivity index (χ3v) is 4.71. The van der Waals surface area contributed by atoms with Crippen LogP contribution in [0.2, 0.25) is 5.02 Å². The maximum atomic E-state index is 13.4. The van der Waals surface area contributed by atoms with Crippen LogP contribution in [0.4, 0.5) is 21.8 Å². The summed E-state index contributed by atoms with van der Waals surface area (Å²) in [4.78, 5) is 9.16. The van der Waals surface area contributed by atoms with Crippen molar-refractivity contribution in [2.45, 2.75) is 6.54 Å². The number of fused-ring (bicyclic) bond motifs is 1. The number of hydrogen-bond acceptors (Lipinski definition) is 5. The summed E-state index contributed by atoms with van der Waals surface area (Å²) < 4.78 is 18.8. The third kappa shape index (κ3) is 4.22. The first-order valence-electron chi connectivity index (χ1n) is 8.98. The summed E-state index contributed by atoms with van der Waals surface area (Å²) in [7, 11) is 1.65. The van der Waals surface area contributed by atoms with Crippen molar-refractivity contribution in [3.05, 3.63) is 83.1 Å². The van der Waals surface area contributed by atoms with Crippen molar-refractivity contribution >= 4 is 40.0 Å². The summed E-state index contributed by atoms with van der Waals surface area (Å²) in [6.07, 6.45) is 0. The Bertz CT molecular complexity index is 1170. The van der Waals surface area contributed by atoms with E-state index in [-0.39, 0.29) is 5.02 Å². The van der Waals surface area contributed by atoms with Gasteiger partial charge < -0.3 is 15.4 Å². The number of benzene rings is 3. The van der Waals surface area contributed by atoms with Crippen LogP contribution in [-0.2, 0) is 6.54 Å². The van der Waals surface area contributed by atoms with E-state index in [4.69, 9.17) is 16.3 Å². The van der Waals surface area contributed by atoms with Crippen LogP contribution < -0.4 is 15.4 Å². The molecular weight excluding hydrogens is 391 g/mol. The first-order valence-corrected chi connectivity index (χ1v) is 9.36. The lowest BCUT2D eigenvalue weighted by Crippen LogP contribution is -2.06. The first kappa shape index (κ1) is 19.0. The number of ether oxygens (including phenoxy) is 1. The quantitative estimate of drug-likeness (QED) is 0.423. The molecule has 0 spiro atoms. The van der Waals surface area contributed by atoms with Gasteiger partial charge >= 0.3 is 0 Å². The summed E-state index contributed by atoms with van der Waals surface area (Å²) in [5.74, 6) is 1.39. The van der Waals surface area contributed by atoms with Crippen LogP contribution in [0.3, 0.4) is 0 Å². The molecule has 0 aliphatic rings. The molecule has 4 aromatic rings. The molecule has 0 aliphatic heterocycles. The molecule has 29 heavy (non-hydrogen) atoms. The van der Waals surface area contributed by atoms with E-state index in [0.717, 1.165) is 22.2 Å². The van der Waals surface area contributed by atoms with E-state index < -0.39 is 5.82 Å². The van der Waals surface area contributed by atoms with E-state index in [1.54, 1.807) is 13.2 Å². The van der Waals surface area contributed by atoms with Gasteiger partial charge in [0.2, 0.25) is 5.95 Å². The van der Waals surface area contributed by atoms with Crippen molar-refractivity contribution in [2.75, 3.05) is 17.7 Å². The average Bonchev–Trinajstić information content (AvgIpc) is 2.75. The normalized spacial score (nSPS) is 10.7. The Kier molecular flexibility index (Phi) is 5.44. The smallest absolute Gasteiger partial charge is 0.229 e. The molecule has 0 fully saturated rings. The number of hydrogen-bond donors (Lipinski definition) is 2. The summed E-state index contributed by atoms with van der Waals surface area (Å²) >= 11 is 5.87. The second-order valence-corrected chi connectivity index (χ2v) is 6.74. The maximum Gasteiger partial charge on any atom is 0.229 e. The molecule has 1 heterocycles. The number of anilines is 3. The molecular formula is C22H18ClFN4O. The number of para-hydroxylation sites is 2. The maximum absolute atomic E-state index is 13.4. The van der Waals surface area contributed by atoms with Crippen molar-refractivity contribution in [3.8, 4) is 5.75 Å². The van der Waals surface area contributed by atoms with Crippen molar-refractivity contribution in [1.29, 1.82) is 0 Å². The molecule has 146 valence electrons. The van der Waals surface area contributed by atoms with Crippen molar-refractivity contribution in [2.24, 2.45) is 0 Å². The van der Waals surface area contributed by atoms with E-state index in [9.17, 15) is 4.39 Å². The van der Waals surface area contributed by atoms with Gasteiger partial charge in [0.05, 0.1) is 17.6 Å². The first-order chi connectivity index (χ1) is 14.1. The van der Waals surface area contributed by atoms with Crippen LogP contribution in [0.1, 0.15) is 5.56 Å². The fourth-order valence-corrected chi connectivity index (χ4v) is 3.18. The lowest BCUT2D eigenvalue weighted by atomic mass is 10.2. The Balaban J connectivity index is 1.66. The minimum atomic E-state index is -0.476. The second-order valence-electron chi connectivity index (χ2n) is 6.33. The minimum Gasteiger partial charge on any atom is -0.496 e. The Morgan fingerprint density at radius 3 is 2.62 bits per heavy atom. The predicted octanol–water partition coefficient (Wildman–Crippen LogP) is 5.79. The standard InChI is InChI=1S/C22H18ClFN4O/c1-29-20-9-5-2-6-14(20)13-25-21-16-7-3-4-8-19(16)27-22(28-21)26-15-10-11-18(24)17(23)12-15/h2-12H,13H2,1H3,(H2,25,26,27,28). The monoisotopic (exact) mass is 408 g/mol. The fraction of sp³-hybridized carbons (Fsp3) is 0.0909. The molecule has 0 radical (unpaired) electrons. The summed E-state index contributed by atoms with van der Waals surface area (Å²) in [6.45, 7) is 0.535. The molecule has 5 nitrogen and oxygen atoms in total. The Morgan fingerprint density at radius 1 is 1.00 bits per heavy atom. The Hall–Kier alpha value is -3.38. The molecule has 0 amide bonds. The minimum absolute atomic E-state index is 0.0327. The van der Waals surface area contributed by atoms with E-state index >= 15 is 0 Å². The lowest BCUT2D eigenvalue weighted by molar-refractivity contribution is 0.410. The van der Waals surface area contributed by atoms with Crippen LogP contribution in [-0.4, -0.2) is 17.1 Å². The van der Waals surface area contributed by atoms with Crippen molar-refractivity contribution in [3.63, 3.8) is 0 Å². The molecule has 0 aliphatic carbocycles. The Morgan fingerprint density at radius 2 is 1.79 bits per heavy atom. The zero-order chi connectivity index (χ0) is 20.2. The van der Waals surface area contributed by atoms with Crippen LogP contribution in [0.5, 0.6) is 5.75 Å². The Labute approximate surface area is 172 Å². The van der Waals surface area contributed by atoms with Crippen LogP contribution in [0.25, 0.3) is 10.9 Å². The fourth-order valence-electron chi connectivity index (χ4n) is 3.00. The van der Waals surface area contributed by atoms with Gasteiger partial charge in [0.25, 0.3) is 0 Å². The number of aromatic nitrogens is 2. The van der Waals surface area contributed by atoms with Gasteiger partial charge in [-0.05, 0) is 36.4 Å². The highest BCUT2D eigenvalue weighted by atomic mass is 35.5. The summed E-state index contributed by atoms with van der Waals surface area (Å²) in [5, 5.41) is 7.38. The SMILES string of the molecule is COc1ccccc1CNc1nc(Nc2ccc(F)c(Cl)c2)nc2ccccc12. The van der Waals surface area contributed by atoms with Gasteiger partial charge in [-0.1, -0.05) is 41.9 Å². The van der Waals surface area contributed by atoms with Crippen LogP contribution in [0, 0.1) is 5.82 Å². The van der Waals surface area contributed by atoms with Gasteiger partial charge in [0.1, 0.15) is 17.4 Å². The molecule has 0 unspecified atom stereocenters. The second kappa shape index (κ2) is 8.32. The van der Waals surface area contributed by atoms with E-state index in [0.29, 0.717) is 24.0 Å². The molecule has 0 saturated heterocycles. The number of rotatable bonds is 6. The molecule has 0 atom stereocenters. The van der Waals surface area contributed by atoms with E-state index in [1.807, 2.05) is 48.5 Å². The number of nitrogens with zero attached hydrogens (tertiary/aromatic N) is 2. The topological polar surface area (TPSA) is 59.1 Å². The van der Waals surface area contributed by atoms with E-state index in [2.05, 4.69) is 20.6 Å². The van der Waals surface area contributed by atoms with Gasteiger partial charge in [-0.15, -0.1) is 0 Å². The van der Waals surface area contributed by atoms with Gasteiger partial charge in [-0.3, -0.25) is 0 Å². The van der Waals surface area contributed by atoms with Crippen molar-refractivity contribution in [1.82, 2.24) is 9.97 Å². The molecule has 0 bridgehead atoms. The third-order valence-electron chi connectivity index (χ3n) is 4.42. The zero-order valence-electron chi connectivity index (χ0n) is 15.6. The summed E-state index contributed by atoms with van der Waals surface area (Å²) in [6, 6.07) is 19.9. The highest BCUT2D eigenvalue weighted by Crippen LogP contribution is 2.27.